The maximum atomic E-state index is 12.8. The van der Waals surface area contributed by atoms with E-state index in [0.29, 0.717) is 44.3 Å². The quantitative estimate of drug-likeness (QED) is 0.678. The van der Waals surface area contributed by atoms with Crippen LogP contribution >= 0.6 is 0 Å². The van der Waals surface area contributed by atoms with Gasteiger partial charge in [-0.2, -0.15) is 0 Å². The van der Waals surface area contributed by atoms with E-state index in [4.69, 9.17) is 9.72 Å². The van der Waals surface area contributed by atoms with E-state index in [0.717, 1.165) is 34.1 Å². The van der Waals surface area contributed by atoms with Crippen molar-refractivity contribution in [2.75, 3.05) is 24.5 Å². The van der Waals surface area contributed by atoms with E-state index in [2.05, 4.69) is 20.9 Å². The molecule has 1 aromatic heterocycles. The number of aromatic nitrogens is 2. The molecule has 3 aromatic rings. The number of rotatable bonds is 3. The molecule has 2 aliphatic rings. The molecule has 2 aliphatic heterocycles. The summed E-state index contributed by atoms with van der Waals surface area (Å²) in [6.45, 7) is 7.45. The summed E-state index contributed by atoms with van der Waals surface area (Å²) in [5.41, 5.74) is 2.48. The van der Waals surface area contributed by atoms with Crippen LogP contribution in [0.2, 0.25) is 0 Å². The van der Waals surface area contributed by atoms with Crippen molar-refractivity contribution in [1.82, 2.24) is 14.9 Å². The molecule has 0 radical (unpaired) electrons. The van der Waals surface area contributed by atoms with E-state index in [9.17, 15) is 9.90 Å². The fraction of sp³-hybridized carbons (Fsp3) is 0.417. The van der Waals surface area contributed by atoms with Crippen molar-refractivity contribution >= 4 is 16.7 Å². The van der Waals surface area contributed by atoms with E-state index in [1.165, 1.54) is 0 Å². The number of aromatic amines is 1. The molecule has 7 heteroatoms. The first-order valence-electron chi connectivity index (χ1n) is 10.9. The van der Waals surface area contributed by atoms with Gasteiger partial charge in [-0.3, -0.25) is 14.7 Å². The fourth-order valence-corrected chi connectivity index (χ4v) is 4.83. The summed E-state index contributed by atoms with van der Waals surface area (Å²) in [6, 6.07) is 11.8. The van der Waals surface area contributed by atoms with E-state index < -0.39 is 0 Å². The number of nitrogens with one attached hydrogen (secondary N) is 1. The molecular weight excluding hydrogens is 392 g/mol. The van der Waals surface area contributed by atoms with E-state index in [1.807, 2.05) is 38.1 Å². The third-order valence-electron chi connectivity index (χ3n) is 6.26. The SMILES string of the molecule is C[C@@H]1CN(c2nc3c(c(=O)[nH]2)CCN(Cc2c(O)ccc4ccccc24)C3)C[C@H](C)O1. The summed E-state index contributed by atoms with van der Waals surface area (Å²) in [4.78, 5) is 25.0. The Morgan fingerprint density at radius 1 is 1.16 bits per heavy atom. The molecule has 2 atom stereocenters. The Labute approximate surface area is 181 Å². The van der Waals surface area contributed by atoms with Crippen LogP contribution in [0.1, 0.15) is 30.7 Å². The number of aromatic hydroxyl groups is 1. The zero-order valence-electron chi connectivity index (χ0n) is 18.0. The Kier molecular flexibility index (Phi) is 5.16. The smallest absolute Gasteiger partial charge is 0.255 e. The number of H-pyrrole nitrogens is 1. The van der Waals surface area contributed by atoms with Gasteiger partial charge in [0.25, 0.3) is 5.56 Å². The fourth-order valence-electron chi connectivity index (χ4n) is 4.83. The molecule has 162 valence electrons. The van der Waals surface area contributed by atoms with Crippen molar-refractivity contribution < 1.29 is 9.84 Å². The van der Waals surface area contributed by atoms with Gasteiger partial charge in [-0.15, -0.1) is 0 Å². The lowest BCUT2D eigenvalue weighted by Gasteiger charge is -2.36. The zero-order chi connectivity index (χ0) is 21.5. The number of phenolic OH excluding ortho intramolecular Hbond substituents is 1. The first-order chi connectivity index (χ1) is 15.0. The normalized spacial score (nSPS) is 21.9. The topological polar surface area (TPSA) is 81.7 Å². The van der Waals surface area contributed by atoms with Gasteiger partial charge in [0.2, 0.25) is 5.95 Å². The number of benzene rings is 2. The summed E-state index contributed by atoms with van der Waals surface area (Å²) < 4.78 is 5.82. The van der Waals surface area contributed by atoms with Crippen LogP contribution in [0.15, 0.2) is 41.2 Å². The number of hydrogen-bond acceptors (Lipinski definition) is 6. The molecule has 0 saturated carbocycles. The number of nitrogens with zero attached hydrogens (tertiary/aromatic N) is 3. The van der Waals surface area contributed by atoms with Gasteiger partial charge in [0, 0.05) is 43.9 Å². The Morgan fingerprint density at radius 2 is 1.94 bits per heavy atom. The van der Waals surface area contributed by atoms with Crippen molar-refractivity contribution in [3.8, 4) is 5.75 Å². The summed E-state index contributed by atoms with van der Waals surface area (Å²) >= 11 is 0. The summed E-state index contributed by atoms with van der Waals surface area (Å²) in [5, 5.41) is 12.7. The largest absolute Gasteiger partial charge is 0.508 e. The lowest BCUT2D eigenvalue weighted by atomic mass is 10.0. The molecule has 0 unspecified atom stereocenters. The number of anilines is 1. The molecule has 5 rings (SSSR count). The van der Waals surface area contributed by atoms with Crippen LogP contribution in [0.3, 0.4) is 0 Å². The van der Waals surface area contributed by atoms with Crippen LogP contribution in [0, 0.1) is 0 Å². The average Bonchev–Trinajstić information content (AvgIpc) is 2.75. The van der Waals surface area contributed by atoms with Crippen LogP contribution in [0.4, 0.5) is 5.95 Å². The molecule has 1 fully saturated rings. The monoisotopic (exact) mass is 420 g/mol. The molecule has 0 bridgehead atoms. The highest BCUT2D eigenvalue weighted by molar-refractivity contribution is 5.87. The van der Waals surface area contributed by atoms with Gasteiger partial charge < -0.3 is 14.7 Å². The van der Waals surface area contributed by atoms with Crippen LogP contribution in [-0.4, -0.2) is 51.8 Å². The second-order valence-corrected chi connectivity index (χ2v) is 8.72. The number of morpholine rings is 1. The molecule has 0 aliphatic carbocycles. The van der Waals surface area contributed by atoms with Gasteiger partial charge in [0.15, 0.2) is 0 Å². The van der Waals surface area contributed by atoms with Gasteiger partial charge in [-0.1, -0.05) is 30.3 Å². The third kappa shape index (κ3) is 3.91. The molecule has 2 N–H and O–H groups in total. The highest BCUT2D eigenvalue weighted by Crippen LogP contribution is 2.30. The van der Waals surface area contributed by atoms with E-state index in [1.54, 1.807) is 6.07 Å². The predicted octanol–water partition coefficient (Wildman–Crippen LogP) is 2.80. The minimum absolute atomic E-state index is 0.0422. The number of ether oxygens (including phenoxy) is 1. The second kappa shape index (κ2) is 7.98. The minimum Gasteiger partial charge on any atom is -0.508 e. The molecule has 31 heavy (non-hydrogen) atoms. The van der Waals surface area contributed by atoms with Crippen molar-refractivity contribution in [1.29, 1.82) is 0 Å². The van der Waals surface area contributed by atoms with Crippen LogP contribution < -0.4 is 10.5 Å². The summed E-state index contributed by atoms with van der Waals surface area (Å²) in [7, 11) is 0. The van der Waals surface area contributed by atoms with E-state index in [-0.39, 0.29) is 17.8 Å². The van der Waals surface area contributed by atoms with Crippen molar-refractivity contribution in [2.45, 2.75) is 45.6 Å². The maximum Gasteiger partial charge on any atom is 0.255 e. The highest BCUT2D eigenvalue weighted by atomic mass is 16.5. The first kappa shape index (κ1) is 20.0. The lowest BCUT2D eigenvalue weighted by molar-refractivity contribution is -0.00576. The summed E-state index contributed by atoms with van der Waals surface area (Å²) in [6.07, 6.45) is 0.839. The Balaban J connectivity index is 1.42. The average molecular weight is 421 g/mol. The molecular formula is C24H28N4O3. The number of phenols is 1. The van der Waals surface area contributed by atoms with Gasteiger partial charge in [0.05, 0.1) is 17.9 Å². The van der Waals surface area contributed by atoms with Gasteiger partial charge in [-0.05, 0) is 37.1 Å². The Morgan fingerprint density at radius 3 is 2.74 bits per heavy atom. The molecule has 1 saturated heterocycles. The van der Waals surface area contributed by atoms with Crippen LogP contribution in [0.25, 0.3) is 10.8 Å². The third-order valence-corrected chi connectivity index (χ3v) is 6.26. The number of fused-ring (bicyclic) bond motifs is 2. The van der Waals surface area contributed by atoms with Gasteiger partial charge >= 0.3 is 0 Å². The Bertz CT molecular complexity index is 1170. The first-order valence-corrected chi connectivity index (χ1v) is 10.9. The maximum absolute atomic E-state index is 12.8. The summed E-state index contributed by atoms with van der Waals surface area (Å²) in [5.74, 6) is 0.931. The molecule has 0 amide bonds. The zero-order valence-corrected chi connectivity index (χ0v) is 18.0. The molecule has 7 nitrogen and oxygen atoms in total. The minimum atomic E-state index is -0.0422. The van der Waals surface area contributed by atoms with Crippen LogP contribution in [-0.2, 0) is 24.2 Å². The van der Waals surface area contributed by atoms with Gasteiger partial charge in [0.1, 0.15) is 5.75 Å². The molecule has 3 heterocycles. The molecule has 2 aromatic carbocycles. The molecule has 0 spiro atoms. The lowest BCUT2D eigenvalue weighted by Crippen LogP contribution is -2.47. The predicted molar refractivity (Wildman–Crippen MR) is 121 cm³/mol. The van der Waals surface area contributed by atoms with Crippen molar-refractivity contribution in [3.05, 3.63) is 63.6 Å². The van der Waals surface area contributed by atoms with Crippen molar-refractivity contribution in [3.63, 3.8) is 0 Å². The van der Waals surface area contributed by atoms with E-state index >= 15 is 0 Å². The van der Waals surface area contributed by atoms with Crippen molar-refractivity contribution in [2.24, 2.45) is 0 Å². The highest BCUT2D eigenvalue weighted by Gasteiger charge is 2.27. The number of hydrogen-bond donors (Lipinski definition) is 2. The Hall–Kier alpha value is -2.90. The standard InChI is InChI=1S/C24H28N4O3/c1-15-11-28(12-16(2)31-15)24-25-21-14-27(10-9-19(21)23(30)26-24)13-20-18-6-4-3-5-17(18)7-8-22(20)29/h3-8,15-16,29H,9-14H2,1-2H3,(H,25,26,30)/t15-,16+. The second-order valence-electron chi connectivity index (χ2n) is 8.72. The van der Waals surface area contributed by atoms with Gasteiger partial charge in [-0.25, -0.2) is 4.98 Å². The van der Waals surface area contributed by atoms with Crippen LogP contribution in [0.5, 0.6) is 5.75 Å².